The molecule has 136 valence electrons. The van der Waals surface area contributed by atoms with E-state index < -0.39 is 22.6 Å². The highest BCUT2D eigenvalue weighted by Gasteiger charge is 2.35. The molecule has 1 heterocycles. The average Bonchev–Trinajstić information content (AvgIpc) is 2.63. The number of aliphatic imine (C=N–C) groups is 1. The van der Waals surface area contributed by atoms with Crippen molar-refractivity contribution in [3.63, 3.8) is 0 Å². The summed E-state index contributed by atoms with van der Waals surface area (Å²) in [6.07, 6.45) is -0.412. The second kappa shape index (κ2) is 7.95. The molecule has 1 aliphatic heterocycles. The number of hydrogen-bond acceptors (Lipinski definition) is 3. The lowest BCUT2D eigenvalue weighted by molar-refractivity contribution is -0.133. The second-order valence-corrected chi connectivity index (χ2v) is 6.85. The summed E-state index contributed by atoms with van der Waals surface area (Å²) in [5.41, 5.74) is 1.20. The van der Waals surface area contributed by atoms with E-state index in [1.165, 1.54) is 6.07 Å². The third-order valence-electron chi connectivity index (χ3n) is 4.07. The molecule has 4 nitrogen and oxygen atoms in total. The Morgan fingerprint density at radius 2 is 1.92 bits per heavy atom. The lowest BCUT2D eigenvalue weighted by atomic mass is 10.2. The number of ether oxygens (including phenoxy) is 1. The van der Waals surface area contributed by atoms with Crippen LogP contribution in [0, 0.1) is 11.6 Å². The number of hydrogen-bond donors (Lipinski definition) is 0. The van der Waals surface area contributed by atoms with E-state index in [2.05, 4.69) is 20.9 Å². The molecule has 7 heteroatoms. The Morgan fingerprint density at radius 1 is 1.19 bits per heavy atom. The second-order valence-electron chi connectivity index (χ2n) is 5.94. The Kier molecular flexibility index (Phi) is 5.66. The van der Waals surface area contributed by atoms with Gasteiger partial charge in [0, 0.05) is 18.2 Å². The maximum Gasteiger partial charge on any atom is 0.247 e. The molecule has 26 heavy (non-hydrogen) atoms. The molecule has 0 radical (unpaired) electrons. The SMILES string of the molecule is CC1N=C(OCc2ccc(F)cc2F)C(Br)C(=O)N1Cc1ccccc1. The van der Waals surface area contributed by atoms with Crippen molar-refractivity contribution in [2.24, 2.45) is 4.99 Å². The molecule has 0 N–H and O–H groups in total. The molecule has 1 amide bonds. The van der Waals surface area contributed by atoms with Crippen molar-refractivity contribution in [2.45, 2.75) is 31.1 Å². The van der Waals surface area contributed by atoms with Gasteiger partial charge in [-0.25, -0.2) is 13.8 Å². The molecular formula is C19H17BrF2N2O2. The van der Waals surface area contributed by atoms with Crippen LogP contribution in [0.4, 0.5) is 8.78 Å². The van der Waals surface area contributed by atoms with Crippen LogP contribution in [0.25, 0.3) is 0 Å². The molecule has 2 atom stereocenters. The van der Waals surface area contributed by atoms with Crippen molar-refractivity contribution >= 4 is 27.7 Å². The van der Waals surface area contributed by atoms with Gasteiger partial charge in [0.1, 0.15) is 24.4 Å². The van der Waals surface area contributed by atoms with Gasteiger partial charge in [0.2, 0.25) is 11.8 Å². The van der Waals surface area contributed by atoms with Crippen LogP contribution in [0.15, 0.2) is 53.5 Å². The zero-order valence-corrected chi connectivity index (χ0v) is 15.6. The van der Waals surface area contributed by atoms with E-state index in [-0.39, 0.29) is 24.0 Å². The predicted molar refractivity (Wildman–Crippen MR) is 97.8 cm³/mol. The maximum atomic E-state index is 13.7. The number of benzene rings is 2. The first-order valence-corrected chi connectivity index (χ1v) is 9.00. The molecule has 2 unspecified atom stereocenters. The number of nitrogens with zero attached hydrogens (tertiary/aromatic N) is 2. The maximum absolute atomic E-state index is 13.7. The van der Waals surface area contributed by atoms with E-state index in [1.54, 1.807) is 11.8 Å². The zero-order chi connectivity index (χ0) is 18.7. The van der Waals surface area contributed by atoms with Crippen LogP contribution < -0.4 is 0 Å². The van der Waals surface area contributed by atoms with Gasteiger partial charge in [-0.05, 0) is 24.6 Å². The molecule has 0 aromatic heterocycles. The third-order valence-corrected chi connectivity index (χ3v) is 4.85. The van der Waals surface area contributed by atoms with Gasteiger partial charge in [-0.1, -0.05) is 46.3 Å². The zero-order valence-electron chi connectivity index (χ0n) is 14.0. The fourth-order valence-electron chi connectivity index (χ4n) is 2.65. The minimum atomic E-state index is -0.745. The van der Waals surface area contributed by atoms with E-state index in [1.807, 2.05) is 30.3 Å². The summed E-state index contributed by atoms with van der Waals surface area (Å²) in [5.74, 6) is -1.33. The van der Waals surface area contributed by atoms with Crippen LogP contribution in [-0.2, 0) is 22.7 Å². The molecule has 0 saturated heterocycles. The molecule has 0 aliphatic carbocycles. The Balaban J connectivity index is 1.71. The fourth-order valence-corrected chi connectivity index (χ4v) is 3.16. The number of halogens is 3. The molecule has 2 aromatic rings. The van der Waals surface area contributed by atoms with Crippen LogP contribution in [0.5, 0.6) is 0 Å². The number of amides is 1. The fraction of sp³-hybridized carbons (Fsp3) is 0.263. The topological polar surface area (TPSA) is 41.9 Å². The van der Waals surface area contributed by atoms with Gasteiger partial charge in [0.15, 0.2) is 4.83 Å². The van der Waals surface area contributed by atoms with Gasteiger partial charge in [0.25, 0.3) is 0 Å². The number of alkyl halides is 1. The van der Waals surface area contributed by atoms with Crippen molar-refractivity contribution < 1.29 is 18.3 Å². The summed E-state index contributed by atoms with van der Waals surface area (Å²) >= 11 is 3.30. The van der Waals surface area contributed by atoms with Gasteiger partial charge in [-0.3, -0.25) is 4.79 Å². The standard InChI is InChI=1S/C19H17BrF2N2O2/c1-12-23-18(26-11-14-7-8-15(21)9-16(14)22)17(20)19(25)24(12)10-13-5-3-2-4-6-13/h2-9,12,17H,10-11H2,1H3. The molecule has 3 rings (SSSR count). The van der Waals surface area contributed by atoms with Crippen LogP contribution in [0.3, 0.4) is 0 Å². The van der Waals surface area contributed by atoms with Crippen LogP contribution in [0.2, 0.25) is 0 Å². The quantitative estimate of drug-likeness (QED) is 0.697. The van der Waals surface area contributed by atoms with Crippen molar-refractivity contribution in [3.05, 3.63) is 71.3 Å². The average molecular weight is 423 g/mol. The van der Waals surface area contributed by atoms with E-state index in [9.17, 15) is 13.6 Å². The van der Waals surface area contributed by atoms with Crippen molar-refractivity contribution in [1.29, 1.82) is 0 Å². The first-order chi connectivity index (χ1) is 12.5. The summed E-state index contributed by atoms with van der Waals surface area (Å²) < 4.78 is 32.2. The summed E-state index contributed by atoms with van der Waals surface area (Å²) in [6, 6.07) is 12.9. The summed E-state index contributed by atoms with van der Waals surface area (Å²) in [7, 11) is 0. The Morgan fingerprint density at radius 3 is 2.62 bits per heavy atom. The van der Waals surface area contributed by atoms with Gasteiger partial charge >= 0.3 is 0 Å². The van der Waals surface area contributed by atoms with Crippen molar-refractivity contribution in [1.82, 2.24) is 4.90 Å². The van der Waals surface area contributed by atoms with E-state index in [0.717, 1.165) is 17.7 Å². The Labute approximate surface area is 158 Å². The summed E-state index contributed by atoms with van der Waals surface area (Å²) in [6.45, 7) is 2.10. The highest BCUT2D eigenvalue weighted by molar-refractivity contribution is 9.10. The van der Waals surface area contributed by atoms with Gasteiger partial charge in [0.05, 0.1) is 0 Å². The molecule has 1 aliphatic rings. The third kappa shape index (κ3) is 4.09. The highest BCUT2D eigenvalue weighted by Crippen LogP contribution is 2.22. The Hall–Kier alpha value is -2.28. The van der Waals surface area contributed by atoms with Gasteiger partial charge in [-0.2, -0.15) is 0 Å². The van der Waals surface area contributed by atoms with Crippen LogP contribution >= 0.6 is 15.9 Å². The van der Waals surface area contributed by atoms with E-state index in [4.69, 9.17) is 4.74 Å². The first-order valence-electron chi connectivity index (χ1n) is 8.08. The molecule has 0 saturated carbocycles. The molecule has 0 bridgehead atoms. The molecule has 2 aromatic carbocycles. The monoisotopic (exact) mass is 422 g/mol. The molecular weight excluding hydrogens is 406 g/mol. The first kappa shape index (κ1) is 18.5. The van der Waals surface area contributed by atoms with Crippen molar-refractivity contribution in [3.8, 4) is 0 Å². The van der Waals surface area contributed by atoms with Crippen LogP contribution in [-0.4, -0.2) is 27.7 Å². The minimum Gasteiger partial charge on any atom is -0.475 e. The van der Waals surface area contributed by atoms with E-state index >= 15 is 0 Å². The summed E-state index contributed by atoms with van der Waals surface area (Å²) in [4.78, 5) is 18.0. The summed E-state index contributed by atoms with van der Waals surface area (Å²) in [5, 5.41) is 0. The van der Waals surface area contributed by atoms with E-state index in [0.29, 0.717) is 6.54 Å². The molecule has 0 spiro atoms. The largest absolute Gasteiger partial charge is 0.475 e. The highest BCUT2D eigenvalue weighted by atomic mass is 79.9. The van der Waals surface area contributed by atoms with Gasteiger partial charge < -0.3 is 9.64 Å². The number of carbonyl (C=O) groups is 1. The number of carbonyl (C=O) groups excluding carboxylic acids is 1. The number of rotatable bonds is 4. The van der Waals surface area contributed by atoms with Gasteiger partial charge in [-0.15, -0.1) is 0 Å². The normalized spacial score (nSPS) is 20.1. The smallest absolute Gasteiger partial charge is 0.247 e. The van der Waals surface area contributed by atoms with Crippen LogP contribution in [0.1, 0.15) is 18.1 Å². The lowest BCUT2D eigenvalue weighted by Crippen LogP contribution is -2.49. The molecule has 0 fully saturated rings. The van der Waals surface area contributed by atoms with Crippen molar-refractivity contribution in [2.75, 3.05) is 0 Å². The lowest BCUT2D eigenvalue weighted by Gasteiger charge is -2.33. The minimum absolute atomic E-state index is 0.133. The predicted octanol–water partition coefficient (Wildman–Crippen LogP) is 4.03. The Bertz CT molecular complexity index is 830.